The maximum absolute atomic E-state index is 12.2. The number of unbranched alkanes of at least 4 members (excludes halogenated alkanes) is 6. The van der Waals surface area contributed by atoms with E-state index in [1.807, 2.05) is 0 Å². The minimum absolute atomic E-state index is 0.0266. The number of benzene rings is 1. The second kappa shape index (κ2) is 12.8. The van der Waals surface area contributed by atoms with Crippen molar-refractivity contribution in [1.29, 1.82) is 0 Å². The van der Waals surface area contributed by atoms with Crippen LogP contribution in [0, 0.1) is 0 Å². The summed E-state index contributed by atoms with van der Waals surface area (Å²) in [7, 11) is -2.79. The number of carbonyl (C=O) groups is 1. The zero-order chi connectivity index (χ0) is 21.0. The van der Waals surface area contributed by atoms with Crippen molar-refractivity contribution in [2.24, 2.45) is 0 Å². The van der Waals surface area contributed by atoms with Crippen LogP contribution in [0.3, 0.4) is 0 Å². The molecule has 0 aliphatic heterocycles. The molecular weight excluding hydrogens is 380 g/mol. The molecule has 2 N–H and O–H groups in total. The van der Waals surface area contributed by atoms with E-state index in [0.717, 1.165) is 24.8 Å². The zero-order valence-corrected chi connectivity index (χ0v) is 17.8. The summed E-state index contributed by atoms with van der Waals surface area (Å²) in [5.41, 5.74) is 0.818. The number of aromatic hydroxyl groups is 1. The fraction of sp³-hybridized carbons (Fsp3) is 0.667. The minimum atomic E-state index is -4.23. The van der Waals surface area contributed by atoms with Crippen molar-refractivity contribution in [3.8, 4) is 11.5 Å². The Kier molecular flexibility index (Phi) is 11.2. The first-order valence-corrected chi connectivity index (χ1v) is 11.6. The van der Waals surface area contributed by atoms with Crippen molar-refractivity contribution >= 4 is 15.9 Å². The van der Waals surface area contributed by atoms with Gasteiger partial charge in [0, 0.05) is 12.8 Å². The third-order valence-corrected chi connectivity index (χ3v) is 6.19. The molecule has 0 aliphatic rings. The molecule has 0 saturated heterocycles. The number of phenolic OH excluding ortho intramolecular Hbond substituents is 1. The van der Waals surface area contributed by atoms with Crippen LogP contribution in [-0.4, -0.2) is 36.2 Å². The number of carbonyl (C=O) groups excluding carboxylic acids is 1. The van der Waals surface area contributed by atoms with Crippen molar-refractivity contribution < 1.29 is 27.6 Å². The first kappa shape index (κ1) is 24.4. The monoisotopic (exact) mass is 414 g/mol. The molecule has 0 amide bonds. The van der Waals surface area contributed by atoms with Crippen LogP contribution < -0.4 is 4.74 Å². The standard InChI is InChI=1S/C21H34O6S/c1-3-4-5-6-7-8-9-10-19(28(24,25)26)16-18(22)13-11-17-12-14-20(23)21(15-17)27-2/h12,14-15,19,23H,3-11,13,16H2,1-2H3,(H,24,25,26). The molecule has 1 atom stereocenters. The summed E-state index contributed by atoms with van der Waals surface area (Å²) in [6.45, 7) is 2.16. The van der Waals surface area contributed by atoms with E-state index in [9.17, 15) is 22.9 Å². The quantitative estimate of drug-likeness (QED) is 0.319. The fourth-order valence-corrected chi connectivity index (χ4v) is 4.06. The Morgan fingerprint density at radius 1 is 1.11 bits per heavy atom. The highest BCUT2D eigenvalue weighted by atomic mass is 32.2. The van der Waals surface area contributed by atoms with E-state index in [2.05, 4.69) is 6.92 Å². The van der Waals surface area contributed by atoms with Gasteiger partial charge >= 0.3 is 0 Å². The minimum Gasteiger partial charge on any atom is -0.504 e. The summed E-state index contributed by atoms with van der Waals surface area (Å²) in [5.74, 6) is 0.163. The van der Waals surface area contributed by atoms with E-state index in [4.69, 9.17) is 4.74 Å². The van der Waals surface area contributed by atoms with Crippen LogP contribution in [0.2, 0.25) is 0 Å². The molecule has 160 valence electrons. The predicted molar refractivity (Wildman–Crippen MR) is 111 cm³/mol. The van der Waals surface area contributed by atoms with Gasteiger partial charge in [0.2, 0.25) is 0 Å². The molecule has 28 heavy (non-hydrogen) atoms. The fourth-order valence-electron chi connectivity index (χ4n) is 3.20. The number of methoxy groups -OCH3 is 1. The Morgan fingerprint density at radius 2 is 1.75 bits per heavy atom. The molecule has 0 aromatic heterocycles. The summed E-state index contributed by atoms with van der Waals surface area (Å²) in [4.78, 5) is 12.2. The van der Waals surface area contributed by atoms with Gasteiger partial charge in [-0.3, -0.25) is 9.35 Å². The lowest BCUT2D eigenvalue weighted by Crippen LogP contribution is -2.24. The Labute approximate surface area is 169 Å². The van der Waals surface area contributed by atoms with Gasteiger partial charge in [0.1, 0.15) is 5.78 Å². The largest absolute Gasteiger partial charge is 0.504 e. The number of ketones is 1. The molecule has 1 unspecified atom stereocenters. The topological polar surface area (TPSA) is 101 Å². The van der Waals surface area contributed by atoms with E-state index in [1.165, 1.54) is 32.4 Å². The normalized spacial score (nSPS) is 12.7. The van der Waals surface area contributed by atoms with Gasteiger partial charge in [-0.1, -0.05) is 57.9 Å². The number of rotatable bonds is 15. The molecule has 0 bridgehead atoms. The smallest absolute Gasteiger partial charge is 0.268 e. The maximum Gasteiger partial charge on any atom is 0.268 e. The van der Waals surface area contributed by atoms with Crippen molar-refractivity contribution in [1.82, 2.24) is 0 Å². The highest BCUT2D eigenvalue weighted by Gasteiger charge is 2.25. The molecule has 1 rings (SSSR count). The zero-order valence-electron chi connectivity index (χ0n) is 17.0. The van der Waals surface area contributed by atoms with Crippen LogP contribution in [0.25, 0.3) is 0 Å². The number of phenols is 1. The van der Waals surface area contributed by atoms with E-state index >= 15 is 0 Å². The SMILES string of the molecule is CCCCCCCCCC(CC(=O)CCc1ccc(O)c(OC)c1)S(=O)(=O)O. The van der Waals surface area contributed by atoms with Gasteiger partial charge < -0.3 is 9.84 Å². The lowest BCUT2D eigenvalue weighted by atomic mass is 10.0. The number of hydrogen-bond donors (Lipinski definition) is 2. The average Bonchev–Trinajstić information content (AvgIpc) is 2.64. The molecule has 0 saturated carbocycles. The van der Waals surface area contributed by atoms with Crippen LogP contribution in [0.5, 0.6) is 11.5 Å². The average molecular weight is 415 g/mol. The number of ether oxygens (including phenoxy) is 1. The summed E-state index contributed by atoms with van der Waals surface area (Å²) in [6, 6.07) is 4.85. The molecule has 0 heterocycles. The Morgan fingerprint density at radius 3 is 2.36 bits per heavy atom. The Balaban J connectivity index is 2.45. The summed E-state index contributed by atoms with van der Waals surface area (Å²) in [5, 5.41) is 8.57. The molecular formula is C21H34O6S. The van der Waals surface area contributed by atoms with Crippen molar-refractivity contribution in [3.05, 3.63) is 23.8 Å². The molecule has 0 spiro atoms. The number of Topliss-reactive ketones (excluding diaryl/α,β-unsaturated/α-hetero) is 1. The highest BCUT2D eigenvalue weighted by Crippen LogP contribution is 2.27. The van der Waals surface area contributed by atoms with E-state index < -0.39 is 15.4 Å². The lowest BCUT2D eigenvalue weighted by Gasteiger charge is -2.13. The molecule has 1 aromatic carbocycles. The van der Waals surface area contributed by atoms with Crippen LogP contribution >= 0.6 is 0 Å². The lowest BCUT2D eigenvalue weighted by molar-refractivity contribution is -0.119. The summed E-state index contributed by atoms with van der Waals surface area (Å²) >= 11 is 0. The maximum atomic E-state index is 12.2. The molecule has 0 aliphatic carbocycles. The third-order valence-electron chi connectivity index (χ3n) is 4.94. The number of hydrogen-bond acceptors (Lipinski definition) is 5. The second-order valence-corrected chi connectivity index (χ2v) is 8.99. The molecule has 0 radical (unpaired) electrons. The first-order chi connectivity index (χ1) is 13.3. The second-order valence-electron chi connectivity index (χ2n) is 7.30. The highest BCUT2D eigenvalue weighted by molar-refractivity contribution is 7.86. The molecule has 1 aromatic rings. The van der Waals surface area contributed by atoms with Gasteiger partial charge in [0.05, 0.1) is 12.4 Å². The van der Waals surface area contributed by atoms with Gasteiger partial charge in [-0.25, -0.2) is 0 Å². The van der Waals surface area contributed by atoms with Crippen molar-refractivity contribution in [2.45, 2.75) is 82.8 Å². The third kappa shape index (κ3) is 9.55. The van der Waals surface area contributed by atoms with Crippen molar-refractivity contribution in [2.75, 3.05) is 7.11 Å². The van der Waals surface area contributed by atoms with Crippen LogP contribution in [0.15, 0.2) is 18.2 Å². The van der Waals surface area contributed by atoms with Crippen LogP contribution in [-0.2, 0) is 21.3 Å². The Bertz CT molecular complexity index is 699. The Hall–Kier alpha value is -1.60. The van der Waals surface area contributed by atoms with E-state index in [1.54, 1.807) is 12.1 Å². The summed E-state index contributed by atoms with van der Waals surface area (Å²) < 4.78 is 37.8. The molecule has 0 fully saturated rings. The van der Waals surface area contributed by atoms with Crippen molar-refractivity contribution in [3.63, 3.8) is 0 Å². The van der Waals surface area contributed by atoms with Crippen LogP contribution in [0.4, 0.5) is 0 Å². The molecule has 7 heteroatoms. The van der Waals surface area contributed by atoms with Gasteiger partial charge in [-0.15, -0.1) is 0 Å². The van der Waals surface area contributed by atoms with Gasteiger partial charge in [-0.2, -0.15) is 8.42 Å². The molecule has 6 nitrogen and oxygen atoms in total. The van der Waals surface area contributed by atoms with Crippen LogP contribution in [0.1, 0.15) is 76.7 Å². The predicted octanol–water partition coefficient (Wildman–Crippen LogP) is 4.69. The summed E-state index contributed by atoms with van der Waals surface area (Å²) in [6.07, 6.45) is 8.14. The first-order valence-electron chi connectivity index (χ1n) is 10.1. The van der Waals surface area contributed by atoms with Gasteiger partial charge in [0.25, 0.3) is 10.1 Å². The van der Waals surface area contributed by atoms with E-state index in [-0.39, 0.29) is 24.4 Å². The van der Waals surface area contributed by atoms with E-state index in [0.29, 0.717) is 25.0 Å². The van der Waals surface area contributed by atoms with Gasteiger partial charge in [0.15, 0.2) is 11.5 Å². The van der Waals surface area contributed by atoms with Gasteiger partial charge in [-0.05, 0) is 30.5 Å². The number of aryl methyl sites for hydroxylation is 1.